The summed E-state index contributed by atoms with van der Waals surface area (Å²) in [5, 5.41) is 4.60. The minimum Gasteiger partial charge on any atom is -0.366 e. The molecular weight excluding hydrogens is 434 g/mol. The first-order valence-electron chi connectivity index (χ1n) is 13.3. The number of likely N-dealkylation sites (tertiary alicyclic amines) is 1. The minimum absolute atomic E-state index is 0.121. The summed E-state index contributed by atoms with van der Waals surface area (Å²) in [5.74, 6) is 0.666. The van der Waals surface area contributed by atoms with Gasteiger partial charge in [0.2, 0.25) is 5.91 Å². The Balaban J connectivity index is 1.23. The first kappa shape index (κ1) is 22.6. The summed E-state index contributed by atoms with van der Waals surface area (Å²) in [6, 6.07) is 14.1. The summed E-state index contributed by atoms with van der Waals surface area (Å²) >= 11 is 0. The van der Waals surface area contributed by atoms with Gasteiger partial charge in [-0.3, -0.25) is 9.69 Å². The Morgan fingerprint density at radius 2 is 1.74 bits per heavy atom. The number of aromatic nitrogens is 2. The fraction of sp³-hybridized carbons (Fsp3) is 0.517. The number of nitrogens with zero attached hydrogens (tertiary/aromatic N) is 5. The second-order valence-electron chi connectivity index (χ2n) is 11.1. The SMILES string of the molecule is CC(C)N1CCC[C@]1(C)c1ccc(-c2cc3c(N4CCN(C(=O)C5CC5)CC4)ccnn3c2)cc1. The van der Waals surface area contributed by atoms with Gasteiger partial charge in [0, 0.05) is 61.6 Å². The molecule has 2 aromatic heterocycles. The highest BCUT2D eigenvalue weighted by Crippen LogP contribution is 2.40. The lowest BCUT2D eigenvalue weighted by Crippen LogP contribution is -2.49. The van der Waals surface area contributed by atoms with E-state index in [2.05, 4.69) is 83.2 Å². The molecule has 0 N–H and O–H groups in total. The molecule has 1 aliphatic carbocycles. The van der Waals surface area contributed by atoms with Crippen LogP contribution in [0, 0.1) is 5.92 Å². The Labute approximate surface area is 208 Å². The zero-order chi connectivity index (χ0) is 24.2. The summed E-state index contributed by atoms with van der Waals surface area (Å²) in [6.07, 6.45) is 8.66. The maximum atomic E-state index is 12.4. The van der Waals surface area contributed by atoms with Crippen LogP contribution < -0.4 is 4.90 Å². The van der Waals surface area contributed by atoms with Crippen LogP contribution in [0.4, 0.5) is 5.69 Å². The number of carbonyl (C=O) groups excluding carboxylic acids is 1. The van der Waals surface area contributed by atoms with E-state index in [0.717, 1.165) is 44.5 Å². The van der Waals surface area contributed by atoms with Gasteiger partial charge in [-0.15, -0.1) is 0 Å². The summed E-state index contributed by atoms with van der Waals surface area (Å²) < 4.78 is 2.00. The summed E-state index contributed by atoms with van der Waals surface area (Å²) in [7, 11) is 0. The molecule has 6 rings (SSSR count). The average molecular weight is 472 g/mol. The third-order valence-corrected chi connectivity index (χ3v) is 8.50. The molecule has 1 saturated carbocycles. The standard InChI is InChI=1S/C29H37N5O/c1-21(2)33-14-4-12-29(33,3)25-9-7-22(8-10-25)24-19-27-26(11-13-30-34(27)20-24)31-15-17-32(18-16-31)28(35)23-5-6-23/h7-11,13,19-21,23H,4-6,12,14-18H2,1-3H3/t29-/m1/s1. The maximum Gasteiger partial charge on any atom is 0.225 e. The number of piperazine rings is 1. The van der Waals surface area contributed by atoms with E-state index in [0.29, 0.717) is 17.9 Å². The van der Waals surface area contributed by atoms with Crippen molar-refractivity contribution in [2.75, 3.05) is 37.6 Å². The van der Waals surface area contributed by atoms with E-state index in [4.69, 9.17) is 0 Å². The van der Waals surface area contributed by atoms with Crippen LogP contribution in [0.3, 0.4) is 0 Å². The minimum atomic E-state index is 0.121. The summed E-state index contributed by atoms with van der Waals surface area (Å²) in [4.78, 5) is 19.6. The van der Waals surface area contributed by atoms with Crippen LogP contribution in [0.5, 0.6) is 0 Å². The second-order valence-corrected chi connectivity index (χ2v) is 11.1. The molecule has 35 heavy (non-hydrogen) atoms. The van der Waals surface area contributed by atoms with Crippen molar-refractivity contribution < 1.29 is 4.79 Å². The zero-order valence-electron chi connectivity index (χ0n) is 21.3. The van der Waals surface area contributed by atoms with Crippen molar-refractivity contribution in [2.24, 2.45) is 5.92 Å². The fourth-order valence-corrected chi connectivity index (χ4v) is 6.33. The molecule has 0 radical (unpaired) electrons. The van der Waals surface area contributed by atoms with Crippen LogP contribution in [0.2, 0.25) is 0 Å². The van der Waals surface area contributed by atoms with Crippen molar-refractivity contribution in [1.29, 1.82) is 0 Å². The van der Waals surface area contributed by atoms with E-state index >= 15 is 0 Å². The van der Waals surface area contributed by atoms with E-state index in [1.807, 2.05) is 10.7 Å². The van der Waals surface area contributed by atoms with Gasteiger partial charge in [-0.1, -0.05) is 24.3 Å². The molecular formula is C29H37N5O. The molecule has 2 aliphatic heterocycles. The van der Waals surface area contributed by atoms with E-state index in [1.165, 1.54) is 41.8 Å². The van der Waals surface area contributed by atoms with E-state index in [-0.39, 0.29) is 5.54 Å². The van der Waals surface area contributed by atoms with Crippen molar-refractivity contribution in [2.45, 2.75) is 58.0 Å². The zero-order valence-corrected chi connectivity index (χ0v) is 21.3. The van der Waals surface area contributed by atoms with Crippen LogP contribution in [0.15, 0.2) is 48.8 Å². The molecule has 1 aromatic carbocycles. The number of rotatable bonds is 5. The van der Waals surface area contributed by atoms with E-state index in [9.17, 15) is 4.79 Å². The first-order chi connectivity index (χ1) is 16.9. The lowest BCUT2D eigenvalue weighted by atomic mass is 9.87. The maximum absolute atomic E-state index is 12.4. The topological polar surface area (TPSA) is 44.1 Å². The number of amides is 1. The molecule has 3 aromatic rings. The molecule has 2 saturated heterocycles. The van der Waals surface area contributed by atoms with Gasteiger partial charge in [-0.05, 0) is 76.3 Å². The number of anilines is 1. The van der Waals surface area contributed by atoms with Gasteiger partial charge in [0.1, 0.15) is 0 Å². The van der Waals surface area contributed by atoms with Crippen molar-refractivity contribution in [3.05, 3.63) is 54.4 Å². The Morgan fingerprint density at radius 1 is 1.00 bits per heavy atom. The Hall–Kier alpha value is -2.86. The Morgan fingerprint density at radius 3 is 2.43 bits per heavy atom. The van der Waals surface area contributed by atoms with Gasteiger partial charge < -0.3 is 9.80 Å². The molecule has 4 heterocycles. The predicted molar refractivity (Wildman–Crippen MR) is 141 cm³/mol. The molecule has 6 heteroatoms. The van der Waals surface area contributed by atoms with Crippen molar-refractivity contribution in [3.63, 3.8) is 0 Å². The number of fused-ring (bicyclic) bond motifs is 1. The molecule has 3 aliphatic rings. The van der Waals surface area contributed by atoms with Crippen LogP contribution >= 0.6 is 0 Å². The number of carbonyl (C=O) groups is 1. The quantitative estimate of drug-likeness (QED) is 0.537. The van der Waals surface area contributed by atoms with Gasteiger partial charge >= 0.3 is 0 Å². The lowest BCUT2D eigenvalue weighted by molar-refractivity contribution is -0.132. The molecule has 0 unspecified atom stereocenters. The molecule has 1 amide bonds. The highest BCUT2D eigenvalue weighted by Gasteiger charge is 2.39. The van der Waals surface area contributed by atoms with Crippen molar-refractivity contribution in [3.8, 4) is 11.1 Å². The Bertz CT molecular complexity index is 1220. The van der Waals surface area contributed by atoms with Gasteiger partial charge in [0.05, 0.1) is 11.2 Å². The van der Waals surface area contributed by atoms with Gasteiger partial charge in [0.15, 0.2) is 0 Å². The van der Waals surface area contributed by atoms with Crippen LogP contribution in [-0.4, -0.2) is 64.1 Å². The van der Waals surface area contributed by atoms with E-state index in [1.54, 1.807) is 0 Å². The van der Waals surface area contributed by atoms with Crippen LogP contribution in [0.25, 0.3) is 16.6 Å². The molecule has 0 spiro atoms. The summed E-state index contributed by atoms with van der Waals surface area (Å²) in [5.41, 5.74) is 6.28. The Kier molecular flexibility index (Phi) is 5.59. The number of hydrogen-bond acceptors (Lipinski definition) is 4. The largest absolute Gasteiger partial charge is 0.366 e. The smallest absolute Gasteiger partial charge is 0.225 e. The highest BCUT2D eigenvalue weighted by molar-refractivity contribution is 5.82. The van der Waals surface area contributed by atoms with Gasteiger partial charge in [-0.25, -0.2) is 4.52 Å². The molecule has 184 valence electrons. The van der Waals surface area contributed by atoms with Crippen LogP contribution in [-0.2, 0) is 10.3 Å². The van der Waals surface area contributed by atoms with Crippen molar-refractivity contribution in [1.82, 2.24) is 19.4 Å². The monoisotopic (exact) mass is 471 g/mol. The van der Waals surface area contributed by atoms with Crippen molar-refractivity contribution >= 4 is 17.1 Å². The highest BCUT2D eigenvalue weighted by atomic mass is 16.2. The second kappa shape index (κ2) is 8.66. The third kappa shape index (κ3) is 4.02. The molecule has 1 atom stereocenters. The first-order valence-corrected chi connectivity index (χ1v) is 13.3. The summed E-state index contributed by atoms with van der Waals surface area (Å²) in [6.45, 7) is 11.6. The normalized spacial score (nSPS) is 23.5. The lowest BCUT2D eigenvalue weighted by Gasteiger charge is -2.38. The average Bonchev–Trinajstić information content (AvgIpc) is 3.50. The molecule has 0 bridgehead atoms. The fourth-order valence-electron chi connectivity index (χ4n) is 6.33. The number of benzene rings is 1. The molecule has 3 fully saturated rings. The number of hydrogen-bond donors (Lipinski definition) is 0. The predicted octanol–water partition coefficient (Wildman–Crippen LogP) is 4.78. The third-order valence-electron chi connectivity index (χ3n) is 8.50. The van der Waals surface area contributed by atoms with Crippen LogP contribution in [0.1, 0.15) is 52.0 Å². The van der Waals surface area contributed by atoms with Gasteiger partial charge in [-0.2, -0.15) is 5.10 Å². The molecule has 6 nitrogen and oxygen atoms in total. The van der Waals surface area contributed by atoms with E-state index < -0.39 is 0 Å². The van der Waals surface area contributed by atoms with Gasteiger partial charge in [0.25, 0.3) is 0 Å².